The van der Waals surface area contributed by atoms with E-state index in [2.05, 4.69) is 22.7 Å². The highest BCUT2D eigenvalue weighted by Gasteiger charge is 2.19. The minimum atomic E-state index is -0.00928. The van der Waals surface area contributed by atoms with Crippen LogP contribution >= 0.6 is 0 Å². The Morgan fingerprint density at radius 3 is 3.05 bits per heavy atom. The molecule has 5 heteroatoms. The number of carbonyl (C=O) groups is 1. The summed E-state index contributed by atoms with van der Waals surface area (Å²) in [6, 6.07) is 0.953. The Morgan fingerprint density at radius 2 is 2.37 bits per heavy atom. The summed E-state index contributed by atoms with van der Waals surface area (Å²) in [4.78, 5) is 12.2. The number of piperidine rings is 1. The molecule has 1 aliphatic rings. The SMILES string of the molecule is CCc1nn(C)cc1C(=O)NCC1CCCC(C)N1. The molecule has 0 radical (unpaired) electrons. The van der Waals surface area contributed by atoms with E-state index in [9.17, 15) is 4.79 Å². The molecule has 2 unspecified atom stereocenters. The van der Waals surface area contributed by atoms with Gasteiger partial charge in [0, 0.05) is 31.9 Å². The third kappa shape index (κ3) is 3.56. The largest absolute Gasteiger partial charge is 0.350 e. The Labute approximate surface area is 114 Å². The van der Waals surface area contributed by atoms with Crippen molar-refractivity contribution in [1.82, 2.24) is 20.4 Å². The van der Waals surface area contributed by atoms with Gasteiger partial charge in [-0.2, -0.15) is 5.10 Å². The van der Waals surface area contributed by atoms with Crippen LogP contribution in [0.1, 0.15) is 49.2 Å². The number of hydrogen-bond acceptors (Lipinski definition) is 3. The number of amides is 1. The maximum Gasteiger partial charge on any atom is 0.254 e. The summed E-state index contributed by atoms with van der Waals surface area (Å²) in [5, 5.41) is 10.8. The van der Waals surface area contributed by atoms with Gasteiger partial charge in [0.1, 0.15) is 0 Å². The Kier molecular flexibility index (Phi) is 4.58. The van der Waals surface area contributed by atoms with Crippen LogP contribution in [0.2, 0.25) is 0 Å². The van der Waals surface area contributed by atoms with E-state index in [4.69, 9.17) is 0 Å². The van der Waals surface area contributed by atoms with Gasteiger partial charge in [-0.15, -0.1) is 0 Å². The van der Waals surface area contributed by atoms with Crippen LogP contribution in [0.15, 0.2) is 6.20 Å². The predicted octanol–water partition coefficient (Wildman–Crippen LogP) is 1.24. The Hall–Kier alpha value is -1.36. The fraction of sp³-hybridized carbons (Fsp3) is 0.714. The fourth-order valence-electron chi connectivity index (χ4n) is 2.70. The van der Waals surface area contributed by atoms with Gasteiger partial charge in [0.2, 0.25) is 0 Å². The molecule has 1 aliphatic heterocycles. The zero-order chi connectivity index (χ0) is 13.8. The molecule has 1 fully saturated rings. The Balaban J connectivity index is 1.90. The summed E-state index contributed by atoms with van der Waals surface area (Å²) < 4.78 is 1.70. The van der Waals surface area contributed by atoms with Gasteiger partial charge in [0.15, 0.2) is 0 Å². The van der Waals surface area contributed by atoms with E-state index >= 15 is 0 Å². The summed E-state index contributed by atoms with van der Waals surface area (Å²) >= 11 is 0. The van der Waals surface area contributed by atoms with Crippen LogP contribution in [-0.4, -0.2) is 34.3 Å². The Bertz CT molecular complexity index is 441. The van der Waals surface area contributed by atoms with Gasteiger partial charge in [0.25, 0.3) is 5.91 Å². The lowest BCUT2D eigenvalue weighted by Gasteiger charge is -2.28. The zero-order valence-electron chi connectivity index (χ0n) is 12.1. The van der Waals surface area contributed by atoms with Crippen molar-refractivity contribution in [2.24, 2.45) is 7.05 Å². The van der Waals surface area contributed by atoms with Crippen LogP contribution in [0, 0.1) is 0 Å². The van der Waals surface area contributed by atoms with E-state index in [0.717, 1.165) is 18.5 Å². The summed E-state index contributed by atoms with van der Waals surface area (Å²) in [5.41, 5.74) is 1.57. The summed E-state index contributed by atoms with van der Waals surface area (Å²) in [5.74, 6) is -0.00928. The highest BCUT2D eigenvalue weighted by atomic mass is 16.1. The van der Waals surface area contributed by atoms with Gasteiger partial charge in [0.05, 0.1) is 11.3 Å². The summed E-state index contributed by atoms with van der Waals surface area (Å²) in [6.07, 6.45) is 6.18. The first-order chi connectivity index (χ1) is 9.10. The number of aryl methyl sites for hydroxylation is 2. The van der Waals surface area contributed by atoms with Crippen molar-refractivity contribution >= 4 is 5.91 Å². The molecule has 1 aromatic heterocycles. The molecule has 0 aromatic carbocycles. The number of hydrogen-bond donors (Lipinski definition) is 2. The Morgan fingerprint density at radius 1 is 1.58 bits per heavy atom. The summed E-state index contributed by atoms with van der Waals surface area (Å²) in [7, 11) is 1.85. The van der Waals surface area contributed by atoms with E-state index in [1.54, 1.807) is 10.9 Å². The molecule has 1 saturated heterocycles. The number of nitrogens with one attached hydrogen (secondary N) is 2. The van der Waals surface area contributed by atoms with Crippen LogP contribution in [0.25, 0.3) is 0 Å². The van der Waals surface area contributed by atoms with Crippen LogP contribution in [-0.2, 0) is 13.5 Å². The molecular formula is C14H24N4O. The molecule has 2 atom stereocenters. The molecular weight excluding hydrogens is 240 g/mol. The second-order valence-corrected chi connectivity index (χ2v) is 5.42. The van der Waals surface area contributed by atoms with Crippen LogP contribution < -0.4 is 10.6 Å². The van der Waals surface area contributed by atoms with Crippen LogP contribution in [0.3, 0.4) is 0 Å². The van der Waals surface area contributed by atoms with E-state index in [-0.39, 0.29) is 5.91 Å². The lowest BCUT2D eigenvalue weighted by atomic mass is 9.99. The molecule has 0 bridgehead atoms. The normalized spacial score (nSPS) is 23.3. The van der Waals surface area contributed by atoms with Crippen molar-refractivity contribution in [3.8, 4) is 0 Å². The molecule has 2 N–H and O–H groups in total. The molecule has 2 rings (SSSR count). The quantitative estimate of drug-likeness (QED) is 0.860. The van der Waals surface area contributed by atoms with Crippen LogP contribution in [0.5, 0.6) is 0 Å². The van der Waals surface area contributed by atoms with Gasteiger partial charge in [-0.05, 0) is 26.2 Å². The number of aromatic nitrogens is 2. The minimum absolute atomic E-state index is 0.00928. The van der Waals surface area contributed by atoms with Crippen molar-refractivity contribution in [2.75, 3.05) is 6.54 Å². The minimum Gasteiger partial charge on any atom is -0.350 e. The van der Waals surface area contributed by atoms with Crippen LogP contribution in [0.4, 0.5) is 0 Å². The third-order valence-electron chi connectivity index (χ3n) is 3.70. The third-order valence-corrected chi connectivity index (χ3v) is 3.70. The maximum atomic E-state index is 12.2. The molecule has 0 spiro atoms. The fourth-order valence-corrected chi connectivity index (χ4v) is 2.70. The van der Waals surface area contributed by atoms with Gasteiger partial charge in [-0.1, -0.05) is 13.3 Å². The number of nitrogens with zero attached hydrogens (tertiary/aromatic N) is 2. The predicted molar refractivity (Wildman–Crippen MR) is 75.2 cm³/mol. The lowest BCUT2D eigenvalue weighted by Crippen LogP contribution is -2.47. The molecule has 19 heavy (non-hydrogen) atoms. The topological polar surface area (TPSA) is 59.0 Å². The molecule has 2 heterocycles. The lowest BCUT2D eigenvalue weighted by molar-refractivity contribution is 0.0945. The highest BCUT2D eigenvalue weighted by Crippen LogP contribution is 2.12. The second kappa shape index (κ2) is 6.19. The first-order valence-corrected chi connectivity index (χ1v) is 7.17. The van der Waals surface area contributed by atoms with Crippen molar-refractivity contribution in [1.29, 1.82) is 0 Å². The van der Waals surface area contributed by atoms with E-state index < -0.39 is 0 Å². The van der Waals surface area contributed by atoms with Gasteiger partial charge < -0.3 is 10.6 Å². The first kappa shape index (κ1) is 14.1. The average molecular weight is 264 g/mol. The molecule has 0 aliphatic carbocycles. The standard InChI is InChI=1S/C14H24N4O/c1-4-13-12(9-18(3)17-13)14(19)15-8-11-7-5-6-10(2)16-11/h9-11,16H,4-8H2,1-3H3,(H,15,19). The van der Waals surface area contributed by atoms with E-state index in [0.29, 0.717) is 24.2 Å². The van der Waals surface area contributed by atoms with Crippen molar-refractivity contribution in [3.63, 3.8) is 0 Å². The monoisotopic (exact) mass is 264 g/mol. The molecule has 1 aromatic rings. The molecule has 0 saturated carbocycles. The molecule has 1 amide bonds. The number of rotatable bonds is 4. The van der Waals surface area contributed by atoms with Gasteiger partial charge >= 0.3 is 0 Å². The van der Waals surface area contributed by atoms with Gasteiger partial charge in [-0.25, -0.2) is 0 Å². The first-order valence-electron chi connectivity index (χ1n) is 7.17. The van der Waals surface area contributed by atoms with Crippen molar-refractivity contribution < 1.29 is 4.79 Å². The average Bonchev–Trinajstić information content (AvgIpc) is 2.77. The highest BCUT2D eigenvalue weighted by molar-refractivity contribution is 5.95. The van der Waals surface area contributed by atoms with Crippen molar-refractivity contribution in [3.05, 3.63) is 17.5 Å². The van der Waals surface area contributed by atoms with Crippen molar-refractivity contribution in [2.45, 2.75) is 51.6 Å². The smallest absolute Gasteiger partial charge is 0.254 e. The second-order valence-electron chi connectivity index (χ2n) is 5.42. The molecule has 5 nitrogen and oxygen atoms in total. The summed E-state index contributed by atoms with van der Waals surface area (Å²) in [6.45, 7) is 4.91. The number of carbonyl (C=O) groups excluding carboxylic acids is 1. The molecule has 106 valence electrons. The zero-order valence-corrected chi connectivity index (χ0v) is 12.1. The van der Waals surface area contributed by atoms with Gasteiger partial charge in [-0.3, -0.25) is 9.48 Å². The van der Waals surface area contributed by atoms with E-state index in [1.807, 2.05) is 14.0 Å². The van der Waals surface area contributed by atoms with E-state index in [1.165, 1.54) is 12.8 Å². The maximum absolute atomic E-state index is 12.2.